The molecule has 35 heavy (non-hydrogen) atoms. The van der Waals surface area contributed by atoms with Gasteiger partial charge in [0.25, 0.3) is 0 Å². The summed E-state index contributed by atoms with van der Waals surface area (Å²) in [5.41, 5.74) is 7.15. The lowest BCUT2D eigenvalue weighted by Crippen LogP contribution is -2.38. The monoisotopic (exact) mass is 454 g/mol. The number of fused-ring (bicyclic) bond motifs is 1. The minimum absolute atomic E-state index is 0.624. The highest BCUT2D eigenvalue weighted by Crippen LogP contribution is 2.41. The van der Waals surface area contributed by atoms with Crippen LogP contribution in [0, 0.1) is 6.92 Å². The zero-order valence-corrected chi connectivity index (χ0v) is 19.8. The van der Waals surface area contributed by atoms with Gasteiger partial charge in [-0.2, -0.15) is 5.10 Å². The van der Waals surface area contributed by atoms with Crippen LogP contribution in [-0.4, -0.2) is 19.3 Å². The van der Waals surface area contributed by atoms with E-state index in [4.69, 9.17) is 5.10 Å². The Bertz CT molecular complexity index is 1500. The van der Waals surface area contributed by atoms with Crippen LogP contribution >= 0.6 is 0 Å². The predicted molar refractivity (Wildman–Crippen MR) is 141 cm³/mol. The summed E-state index contributed by atoms with van der Waals surface area (Å²) in [5.74, 6) is 0. The molecule has 0 aliphatic rings. The third-order valence-corrected chi connectivity index (χ3v) is 6.76. The number of nitrogens with zero attached hydrogens (tertiary/aromatic N) is 4. The van der Waals surface area contributed by atoms with Gasteiger partial charge in [0, 0.05) is 42.2 Å². The van der Waals surface area contributed by atoms with Crippen molar-refractivity contribution < 1.29 is 0 Å². The molecule has 3 aromatic heterocycles. The first-order valence-corrected chi connectivity index (χ1v) is 11.8. The Morgan fingerprint density at radius 1 is 0.686 bits per heavy atom. The summed E-state index contributed by atoms with van der Waals surface area (Å²) in [7, 11) is 2.04. The average Bonchev–Trinajstić information content (AvgIpc) is 3.51. The Balaban J connectivity index is 1.64. The highest BCUT2D eigenvalue weighted by Gasteiger charge is 2.39. The van der Waals surface area contributed by atoms with E-state index >= 15 is 0 Å². The quantitative estimate of drug-likeness (QED) is 0.276. The molecule has 4 nitrogen and oxygen atoms in total. The van der Waals surface area contributed by atoms with Gasteiger partial charge in [0.1, 0.15) is 11.2 Å². The number of rotatable bonds is 5. The molecule has 0 atom stereocenters. The fourth-order valence-electron chi connectivity index (χ4n) is 5.18. The fourth-order valence-corrected chi connectivity index (χ4v) is 5.18. The van der Waals surface area contributed by atoms with Crippen LogP contribution in [-0.2, 0) is 12.6 Å². The zero-order valence-electron chi connectivity index (χ0n) is 19.8. The summed E-state index contributed by atoms with van der Waals surface area (Å²) in [6, 6.07) is 34.1. The lowest BCUT2D eigenvalue weighted by Gasteiger charge is -2.36. The number of aryl methyl sites for hydroxylation is 2. The van der Waals surface area contributed by atoms with E-state index < -0.39 is 5.54 Å². The molecule has 0 unspecified atom stereocenters. The molecule has 0 bridgehead atoms. The second-order valence-electron chi connectivity index (χ2n) is 9.02. The Labute approximate surface area is 205 Å². The van der Waals surface area contributed by atoms with Crippen molar-refractivity contribution in [1.29, 1.82) is 0 Å². The van der Waals surface area contributed by atoms with Crippen LogP contribution < -0.4 is 0 Å². The molecule has 0 aliphatic heterocycles. The maximum atomic E-state index is 5.02. The molecule has 4 heteroatoms. The van der Waals surface area contributed by atoms with Crippen molar-refractivity contribution in [2.24, 2.45) is 7.05 Å². The normalized spacial score (nSPS) is 11.7. The highest BCUT2D eigenvalue weighted by atomic mass is 15.3. The van der Waals surface area contributed by atoms with Gasteiger partial charge in [0.05, 0.1) is 6.20 Å². The van der Waals surface area contributed by atoms with Crippen LogP contribution in [0.2, 0.25) is 0 Å². The molecule has 3 heterocycles. The van der Waals surface area contributed by atoms with Crippen LogP contribution in [0.1, 0.15) is 22.3 Å². The van der Waals surface area contributed by atoms with Crippen LogP contribution in [0.15, 0.2) is 122 Å². The summed E-state index contributed by atoms with van der Waals surface area (Å²) < 4.78 is 4.20. The van der Waals surface area contributed by atoms with E-state index in [9.17, 15) is 0 Å². The highest BCUT2D eigenvalue weighted by molar-refractivity contribution is 5.94. The molecule has 6 rings (SSSR count). The van der Waals surface area contributed by atoms with Gasteiger partial charge in [-0.25, -0.2) is 4.98 Å². The van der Waals surface area contributed by atoms with Gasteiger partial charge in [0.15, 0.2) is 0 Å². The first-order valence-electron chi connectivity index (χ1n) is 11.8. The van der Waals surface area contributed by atoms with Crippen molar-refractivity contribution in [1.82, 2.24) is 19.3 Å². The van der Waals surface area contributed by atoms with Crippen LogP contribution in [0.25, 0.3) is 22.2 Å². The van der Waals surface area contributed by atoms with E-state index in [2.05, 4.69) is 131 Å². The molecule has 0 spiro atoms. The molecule has 3 aromatic carbocycles. The largest absolute Gasteiger partial charge is 0.335 e. The lowest BCUT2D eigenvalue weighted by atomic mass is 9.77. The molecule has 0 saturated carbocycles. The minimum atomic E-state index is -0.624. The zero-order chi connectivity index (χ0) is 23.8. The van der Waals surface area contributed by atoms with E-state index in [1.165, 1.54) is 0 Å². The molecule has 0 radical (unpaired) electrons. The standard InChI is InChI=1S/C31H26N4/c1-23-18-28-29(22-34(2)30(28)32-19-23)24-20-33-35(21-24)31(25-12-6-3-7-13-25,26-14-8-4-9-15-26)27-16-10-5-11-17-27/h3-22H,1-2H3. The summed E-state index contributed by atoms with van der Waals surface area (Å²) in [6.45, 7) is 2.08. The molecule has 0 aliphatic carbocycles. The van der Waals surface area contributed by atoms with Gasteiger partial charge in [-0.3, -0.25) is 4.68 Å². The predicted octanol–water partition coefficient (Wildman–Crippen LogP) is 6.59. The van der Waals surface area contributed by atoms with Gasteiger partial charge in [-0.15, -0.1) is 0 Å². The summed E-state index contributed by atoms with van der Waals surface area (Å²) in [5, 5.41) is 6.16. The molecule has 0 N–H and O–H groups in total. The molecule has 0 saturated heterocycles. The van der Waals surface area contributed by atoms with Crippen LogP contribution in [0.4, 0.5) is 0 Å². The fraction of sp³-hybridized carbons (Fsp3) is 0.0968. The van der Waals surface area contributed by atoms with Crippen LogP contribution in [0.3, 0.4) is 0 Å². The summed E-state index contributed by atoms with van der Waals surface area (Å²) in [6.07, 6.45) is 8.21. The second kappa shape index (κ2) is 8.41. The molecule has 0 amide bonds. The second-order valence-corrected chi connectivity index (χ2v) is 9.02. The maximum absolute atomic E-state index is 5.02. The Morgan fingerprint density at radius 3 is 1.77 bits per heavy atom. The van der Waals surface area contributed by atoms with E-state index in [1.54, 1.807) is 0 Å². The first-order chi connectivity index (χ1) is 17.2. The van der Waals surface area contributed by atoms with E-state index in [-0.39, 0.29) is 0 Å². The third kappa shape index (κ3) is 3.38. The maximum Gasteiger partial charge on any atom is 0.140 e. The summed E-state index contributed by atoms with van der Waals surface area (Å²) in [4.78, 5) is 4.66. The van der Waals surface area contributed by atoms with Crippen molar-refractivity contribution in [2.45, 2.75) is 12.5 Å². The van der Waals surface area contributed by atoms with Crippen molar-refractivity contribution in [2.75, 3.05) is 0 Å². The SMILES string of the molecule is Cc1cnc2c(c1)c(-c1cnn(C(c3ccccc3)(c3ccccc3)c3ccccc3)c1)cn2C. The number of aromatic nitrogens is 4. The number of hydrogen-bond acceptors (Lipinski definition) is 2. The van der Waals surface area contributed by atoms with Crippen molar-refractivity contribution in [3.05, 3.63) is 144 Å². The first kappa shape index (κ1) is 21.1. The third-order valence-electron chi connectivity index (χ3n) is 6.76. The molecule has 0 fully saturated rings. The topological polar surface area (TPSA) is 35.6 Å². The Kier molecular flexibility index (Phi) is 5.07. The summed E-state index contributed by atoms with van der Waals surface area (Å²) >= 11 is 0. The van der Waals surface area contributed by atoms with Crippen molar-refractivity contribution in [3.63, 3.8) is 0 Å². The molecular weight excluding hydrogens is 428 g/mol. The number of benzene rings is 3. The van der Waals surface area contributed by atoms with Crippen LogP contribution in [0.5, 0.6) is 0 Å². The lowest BCUT2D eigenvalue weighted by molar-refractivity contribution is 0.460. The van der Waals surface area contributed by atoms with Gasteiger partial charge in [0.2, 0.25) is 0 Å². The Hall–Kier alpha value is -4.44. The van der Waals surface area contributed by atoms with E-state index in [1.807, 2.05) is 19.4 Å². The number of pyridine rings is 1. The number of hydrogen-bond donors (Lipinski definition) is 0. The van der Waals surface area contributed by atoms with Gasteiger partial charge in [-0.1, -0.05) is 91.0 Å². The average molecular weight is 455 g/mol. The molecule has 170 valence electrons. The Morgan fingerprint density at radius 2 is 1.23 bits per heavy atom. The van der Waals surface area contributed by atoms with Gasteiger partial charge < -0.3 is 4.57 Å². The van der Waals surface area contributed by atoms with Gasteiger partial charge >= 0.3 is 0 Å². The molecular formula is C31H26N4. The van der Waals surface area contributed by atoms with E-state index in [0.717, 1.165) is 44.4 Å². The van der Waals surface area contributed by atoms with Gasteiger partial charge in [-0.05, 0) is 35.2 Å². The van der Waals surface area contributed by atoms with E-state index in [0.29, 0.717) is 0 Å². The smallest absolute Gasteiger partial charge is 0.140 e. The molecule has 6 aromatic rings. The minimum Gasteiger partial charge on any atom is -0.335 e. The van der Waals surface area contributed by atoms with Crippen molar-refractivity contribution in [3.8, 4) is 11.1 Å². The van der Waals surface area contributed by atoms with Crippen molar-refractivity contribution >= 4 is 11.0 Å².